The molecule has 1 fully saturated rings. The number of carbonyl (C=O) groups excluding carboxylic acids is 1. The molecule has 3 nitrogen and oxygen atoms in total. The van der Waals surface area contributed by atoms with E-state index in [1.165, 1.54) is 0 Å². The molecule has 0 aromatic heterocycles. The van der Waals surface area contributed by atoms with Gasteiger partial charge in [0.25, 0.3) is 0 Å². The molecule has 0 saturated carbocycles. The van der Waals surface area contributed by atoms with Crippen LogP contribution in [-0.2, 0) is 9.53 Å². The molecule has 0 aliphatic carbocycles. The summed E-state index contributed by atoms with van der Waals surface area (Å²) < 4.78 is 5.45. The van der Waals surface area contributed by atoms with E-state index in [-0.39, 0.29) is 17.5 Å². The van der Waals surface area contributed by atoms with Gasteiger partial charge in [0.1, 0.15) is 5.60 Å². The predicted octanol–water partition coefficient (Wildman–Crippen LogP) is 3.04. The normalized spacial score (nSPS) is 17.3. The summed E-state index contributed by atoms with van der Waals surface area (Å²) in [5.74, 6) is -0.0108. The Morgan fingerprint density at radius 1 is 1.32 bits per heavy atom. The number of hydrogen-bond acceptors (Lipinski definition) is 3. The molecular weight excluding hydrogens is 238 g/mol. The Morgan fingerprint density at radius 3 is 2.53 bits per heavy atom. The number of piperidine rings is 1. The molecule has 1 heterocycles. The molecular formula is C16H22NO2. The maximum Gasteiger partial charge on any atom is 0.309 e. The number of ether oxygens (including phenoxy) is 1. The maximum absolute atomic E-state index is 12.0. The van der Waals surface area contributed by atoms with Crippen LogP contribution >= 0.6 is 0 Å². The molecule has 0 N–H and O–H groups in total. The lowest BCUT2D eigenvalue weighted by Gasteiger charge is -2.33. The van der Waals surface area contributed by atoms with Gasteiger partial charge in [-0.05, 0) is 39.7 Å². The first-order valence-corrected chi connectivity index (χ1v) is 6.90. The third-order valence-electron chi connectivity index (χ3n) is 3.27. The Kier molecular flexibility index (Phi) is 4.13. The summed E-state index contributed by atoms with van der Waals surface area (Å²) in [5.41, 5.74) is 0.728. The van der Waals surface area contributed by atoms with Gasteiger partial charge in [-0.25, -0.2) is 0 Å². The van der Waals surface area contributed by atoms with Crippen molar-refractivity contribution in [3.8, 4) is 0 Å². The Labute approximate surface area is 115 Å². The molecule has 1 radical (unpaired) electrons. The van der Waals surface area contributed by atoms with Crippen molar-refractivity contribution in [2.45, 2.75) is 39.2 Å². The molecule has 0 bridgehead atoms. The van der Waals surface area contributed by atoms with E-state index in [0.29, 0.717) is 0 Å². The van der Waals surface area contributed by atoms with Crippen molar-refractivity contribution in [2.75, 3.05) is 18.0 Å². The zero-order chi connectivity index (χ0) is 13.9. The fourth-order valence-corrected chi connectivity index (χ4v) is 2.32. The summed E-state index contributed by atoms with van der Waals surface area (Å²) in [6, 6.07) is 11.2. The monoisotopic (exact) mass is 260 g/mol. The highest BCUT2D eigenvalue weighted by Gasteiger charge is 2.29. The molecule has 103 valence electrons. The van der Waals surface area contributed by atoms with E-state index in [1.54, 1.807) is 0 Å². The lowest BCUT2D eigenvalue weighted by atomic mass is 9.96. The van der Waals surface area contributed by atoms with Crippen LogP contribution in [0.4, 0.5) is 5.69 Å². The zero-order valence-electron chi connectivity index (χ0n) is 12.0. The number of anilines is 1. The lowest BCUT2D eigenvalue weighted by Crippen LogP contribution is -2.38. The fraction of sp³-hybridized carbons (Fsp3) is 0.562. The molecule has 1 aliphatic heterocycles. The SMILES string of the molecule is CC(C)(C)OC(=O)C1CCN(c2[c]cccc2)CC1. The highest BCUT2D eigenvalue weighted by Crippen LogP contribution is 2.24. The molecule has 0 unspecified atom stereocenters. The molecule has 3 heteroatoms. The minimum Gasteiger partial charge on any atom is -0.460 e. The number of rotatable bonds is 2. The van der Waals surface area contributed by atoms with E-state index in [2.05, 4.69) is 17.0 Å². The van der Waals surface area contributed by atoms with Gasteiger partial charge in [-0.2, -0.15) is 0 Å². The first-order valence-electron chi connectivity index (χ1n) is 6.90. The fourth-order valence-electron chi connectivity index (χ4n) is 2.32. The molecule has 0 spiro atoms. The van der Waals surface area contributed by atoms with Gasteiger partial charge in [-0.1, -0.05) is 18.2 Å². The average molecular weight is 260 g/mol. The Balaban J connectivity index is 1.88. The van der Waals surface area contributed by atoms with Crippen molar-refractivity contribution in [2.24, 2.45) is 5.92 Å². The van der Waals surface area contributed by atoms with Crippen LogP contribution in [0.15, 0.2) is 24.3 Å². The number of esters is 1. The summed E-state index contributed by atoms with van der Waals surface area (Å²) >= 11 is 0. The highest BCUT2D eigenvalue weighted by atomic mass is 16.6. The minimum absolute atomic E-state index is 0.0409. The number of nitrogens with zero attached hydrogens (tertiary/aromatic N) is 1. The Morgan fingerprint density at radius 2 is 2.00 bits per heavy atom. The highest BCUT2D eigenvalue weighted by molar-refractivity contribution is 5.73. The van der Waals surface area contributed by atoms with E-state index >= 15 is 0 Å². The van der Waals surface area contributed by atoms with Gasteiger partial charge in [0.05, 0.1) is 5.92 Å². The summed E-state index contributed by atoms with van der Waals surface area (Å²) in [6.07, 6.45) is 1.72. The van der Waals surface area contributed by atoms with Gasteiger partial charge in [0.2, 0.25) is 0 Å². The van der Waals surface area contributed by atoms with Crippen molar-refractivity contribution < 1.29 is 9.53 Å². The smallest absolute Gasteiger partial charge is 0.309 e. The van der Waals surface area contributed by atoms with Crippen LogP contribution < -0.4 is 4.90 Å². The van der Waals surface area contributed by atoms with Crippen molar-refractivity contribution >= 4 is 11.7 Å². The van der Waals surface area contributed by atoms with E-state index in [9.17, 15) is 4.79 Å². The molecule has 0 atom stereocenters. The van der Waals surface area contributed by atoms with Gasteiger partial charge in [0, 0.05) is 24.8 Å². The van der Waals surface area contributed by atoms with E-state index in [1.807, 2.05) is 39.0 Å². The second-order valence-electron chi connectivity index (χ2n) is 6.04. The largest absolute Gasteiger partial charge is 0.460 e. The van der Waals surface area contributed by atoms with Crippen LogP contribution in [0.25, 0.3) is 0 Å². The maximum atomic E-state index is 12.0. The van der Waals surface area contributed by atoms with Gasteiger partial charge >= 0.3 is 5.97 Å². The summed E-state index contributed by atoms with van der Waals surface area (Å²) in [7, 11) is 0. The first-order chi connectivity index (χ1) is 8.96. The lowest BCUT2D eigenvalue weighted by molar-refractivity contribution is -0.160. The van der Waals surface area contributed by atoms with Crippen molar-refractivity contribution in [3.05, 3.63) is 30.3 Å². The van der Waals surface area contributed by atoms with E-state index < -0.39 is 0 Å². The number of benzene rings is 1. The van der Waals surface area contributed by atoms with E-state index in [0.717, 1.165) is 31.6 Å². The van der Waals surface area contributed by atoms with Gasteiger partial charge in [-0.3, -0.25) is 4.79 Å². The van der Waals surface area contributed by atoms with Crippen LogP contribution in [0.1, 0.15) is 33.6 Å². The molecule has 19 heavy (non-hydrogen) atoms. The van der Waals surface area contributed by atoms with Crippen LogP contribution in [0, 0.1) is 12.0 Å². The topological polar surface area (TPSA) is 29.5 Å². The quantitative estimate of drug-likeness (QED) is 0.765. The van der Waals surface area contributed by atoms with Crippen LogP contribution in [-0.4, -0.2) is 24.7 Å². The van der Waals surface area contributed by atoms with Gasteiger partial charge in [-0.15, -0.1) is 0 Å². The third-order valence-corrected chi connectivity index (χ3v) is 3.27. The zero-order valence-corrected chi connectivity index (χ0v) is 12.0. The molecule has 1 aromatic rings. The Hall–Kier alpha value is -1.51. The minimum atomic E-state index is -0.387. The third kappa shape index (κ3) is 3.98. The van der Waals surface area contributed by atoms with Crippen molar-refractivity contribution in [3.63, 3.8) is 0 Å². The Bertz CT molecular complexity index is 414. The summed E-state index contributed by atoms with van der Waals surface area (Å²) in [6.45, 7) is 7.53. The molecule has 1 aliphatic rings. The van der Waals surface area contributed by atoms with Crippen molar-refractivity contribution in [1.29, 1.82) is 0 Å². The average Bonchev–Trinajstić information content (AvgIpc) is 2.38. The van der Waals surface area contributed by atoms with Crippen LogP contribution in [0.3, 0.4) is 0 Å². The summed E-state index contributed by atoms with van der Waals surface area (Å²) in [5, 5.41) is 0. The molecule has 2 rings (SSSR count). The van der Waals surface area contributed by atoms with Gasteiger partial charge in [0.15, 0.2) is 0 Å². The van der Waals surface area contributed by atoms with Crippen LogP contribution in [0.5, 0.6) is 0 Å². The molecule has 1 aromatic carbocycles. The number of para-hydroxylation sites is 1. The summed E-state index contributed by atoms with van der Waals surface area (Å²) in [4.78, 5) is 14.3. The van der Waals surface area contributed by atoms with Crippen molar-refractivity contribution in [1.82, 2.24) is 0 Å². The van der Waals surface area contributed by atoms with Gasteiger partial charge < -0.3 is 9.64 Å². The molecule has 1 saturated heterocycles. The first kappa shape index (κ1) is 13.9. The predicted molar refractivity (Wildman–Crippen MR) is 76.1 cm³/mol. The number of carbonyl (C=O) groups is 1. The van der Waals surface area contributed by atoms with Crippen LogP contribution in [0.2, 0.25) is 0 Å². The second-order valence-corrected chi connectivity index (χ2v) is 6.04. The number of hydrogen-bond donors (Lipinski definition) is 0. The molecule has 0 amide bonds. The standard InChI is InChI=1S/C16H22NO2/c1-16(2,3)19-15(18)13-9-11-17(12-10-13)14-7-5-4-6-8-14/h4-7,13H,9-12H2,1-3H3. The van der Waals surface area contributed by atoms with E-state index in [4.69, 9.17) is 4.74 Å². The second kappa shape index (κ2) is 5.64.